The molecule has 5 aliphatic rings. The molecule has 4 atom stereocenters. The van der Waals surface area contributed by atoms with E-state index in [-0.39, 0.29) is 34.6 Å². The summed E-state index contributed by atoms with van der Waals surface area (Å²) in [5.74, 6) is 0.928. The van der Waals surface area contributed by atoms with Gasteiger partial charge in [-0.1, -0.05) is 20.4 Å². The molecule has 5 aromatic rings. The van der Waals surface area contributed by atoms with Gasteiger partial charge in [-0.25, -0.2) is 15.0 Å². The second-order valence-corrected chi connectivity index (χ2v) is 20.6. The normalized spacial score (nSPS) is 22.5. The van der Waals surface area contributed by atoms with Crippen molar-refractivity contribution >= 4 is 52.0 Å². The number of carbonyl (C=O) groups excluding carboxylic acids is 2. The molecule has 1 aromatic carbocycles. The Morgan fingerprint density at radius 2 is 1.76 bits per heavy atom. The van der Waals surface area contributed by atoms with Gasteiger partial charge in [-0.05, 0) is 99.9 Å². The molecule has 17 nitrogen and oxygen atoms in total. The average Bonchev–Trinajstić information content (AvgIpc) is 3.85. The third-order valence-corrected chi connectivity index (χ3v) is 15.2. The van der Waals surface area contributed by atoms with E-state index in [1.807, 2.05) is 30.5 Å². The highest BCUT2D eigenvalue weighted by molar-refractivity contribution is 6.06. The molecule has 8 heterocycles. The zero-order chi connectivity index (χ0) is 49.0. The van der Waals surface area contributed by atoms with Crippen molar-refractivity contribution in [1.82, 2.24) is 29.0 Å². The Hall–Kier alpha value is -6.56. The second kappa shape index (κ2) is 19.0. The van der Waals surface area contributed by atoms with Crippen molar-refractivity contribution < 1.29 is 19.4 Å². The minimum Gasteiger partial charge on any atom is -0.392 e. The number of hydrogen-bond acceptors (Lipinski definition) is 13. The van der Waals surface area contributed by atoms with Crippen LogP contribution < -0.4 is 35.8 Å². The predicted molar refractivity (Wildman–Crippen MR) is 275 cm³/mol. The van der Waals surface area contributed by atoms with Crippen molar-refractivity contribution in [2.45, 2.75) is 97.6 Å². The van der Waals surface area contributed by atoms with E-state index in [1.165, 1.54) is 27.6 Å². The number of anilines is 7. The Kier molecular flexibility index (Phi) is 12.8. The standard InChI is InChI=1S/C53H66N12O5/c1-8-48(67)57-42-25-37(9-10-44(42)62-18-17-60(29-34(62)3)38-13-16-61(33(2)23-38)39-11-14-54-47(26-39)63-21-22-70-32-35(63)4)56-49-52(69)59(7)30-43(58-49)40-12-15-55-50(41(40)31-66)65-20-19-64-45(51(65)68)24-36-27-53(5,6)28-46(36)64/h8-12,14-15,24-26,30,33-35,38,66H,1,13,16-23,27-29,31-32H2,2-7H3,(H,56,58)(H,57,67)/t33-,34+,35+,38?/m1/s1. The maximum absolute atomic E-state index is 14.1. The van der Waals surface area contributed by atoms with Crippen LogP contribution in [0.5, 0.6) is 0 Å². The maximum atomic E-state index is 14.1. The van der Waals surface area contributed by atoms with Crippen LogP contribution in [0.1, 0.15) is 74.8 Å². The molecule has 0 saturated carbocycles. The highest BCUT2D eigenvalue weighted by Crippen LogP contribution is 2.41. The van der Waals surface area contributed by atoms with E-state index in [9.17, 15) is 19.5 Å². The number of nitrogens with zero attached hydrogens (tertiary/aromatic N) is 10. The van der Waals surface area contributed by atoms with Crippen molar-refractivity contribution in [2.24, 2.45) is 12.5 Å². The fraction of sp³-hybridized carbons (Fsp3) is 0.472. The first-order chi connectivity index (χ1) is 33.7. The van der Waals surface area contributed by atoms with Gasteiger partial charge in [0, 0.05) is 124 Å². The Morgan fingerprint density at radius 3 is 2.53 bits per heavy atom. The fourth-order valence-corrected chi connectivity index (χ4v) is 11.7. The van der Waals surface area contributed by atoms with E-state index >= 15 is 0 Å². The minimum absolute atomic E-state index is 0.0543. The summed E-state index contributed by atoms with van der Waals surface area (Å²) >= 11 is 0. The number of aliphatic hydroxyl groups excluding tert-OH is 1. The van der Waals surface area contributed by atoms with Gasteiger partial charge in [0.1, 0.15) is 17.3 Å². The lowest BCUT2D eigenvalue weighted by molar-refractivity contribution is -0.111. The van der Waals surface area contributed by atoms with Gasteiger partial charge in [0.2, 0.25) is 5.91 Å². The number of hydrogen-bond donors (Lipinski definition) is 3. The van der Waals surface area contributed by atoms with Gasteiger partial charge < -0.3 is 44.3 Å². The summed E-state index contributed by atoms with van der Waals surface area (Å²) in [7, 11) is 1.65. The smallest absolute Gasteiger partial charge is 0.293 e. The summed E-state index contributed by atoms with van der Waals surface area (Å²) in [6.07, 6.45) is 10.4. The molecule has 3 saturated heterocycles. The molecule has 70 heavy (non-hydrogen) atoms. The lowest BCUT2D eigenvalue weighted by Gasteiger charge is -2.48. The molecule has 3 fully saturated rings. The van der Waals surface area contributed by atoms with Crippen LogP contribution in [0.15, 0.2) is 78.5 Å². The number of amides is 2. The third-order valence-electron chi connectivity index (χ3n) is 15.2. The minimum atomic E-state index is -0.400. The number of rotatable bonds is 11. The lowest BCUT2D eigenvalue weighted by Crippen LogP contribution is -2.58. The van der Waals surface area contributed by atoms with Gasteiger partial charge in [0.25, 0.3) is 11.5 Å². The lowest BCUT2D eigenvalue weighted by atomic mass is 9.90. The second-order valence-electron chi connectivity index (χ2n) is 20.6. The first kappa shape index (κ1) is 47.1. The highest BCUT2D eigenvalue weighted by Gasteiger charge is 2.38. The largest absolute Gasteiger partial charge is 0.392 e. The van der Waals surface area contributed by atoms with Crippen LogP contribution in [0.2, 0.25) is 0 Å². The number of pyridine rings is 2. The molecule has 2 amide bonds. The molecule has 10 rings (SSSR count). The summed E-state index contributed by atoms with van der Waals surface area (Å²) in [6, 6.07) is 15.1. The van der Waals surface area contributed by atoms with Crippen LogP contribution in [0, 0.1) is 5.41 Å². The topological polar surface area (TPSA) is 169 Å². The van der Waals surface area contributed by atoms with Gasteiger partial charge in [-0.3, -0.25) is 24.2 Å². The van der Waals surface area contributed by atoms with Crippen LogP contribution in [0.3, 0.4) is 0 Å². The molecular formula is C53H66N12O5. The highest BCUT2D eigenvalue weighted by atomic mass is 16.5. The van der Waals surface area contributed by atoms with Gasteiger partial charge in [-0.2, -0.15) is 0 Å². The number of piperidine rings is 1. The Bertz CT molecular complexity index is 2890. The average molecular weight is 951 g/mol. The molecule has 368 valence electrons. The molecular weight excluding hydrogens is 885 g/mol. The van der Waals surface area contributed by atoms with Crippen LogP contribution in [0.25, 0.3) is 11.3 Å². The van der Waals surface area contributed by atoms with Crippen molar-refractivity contribution in [2.75, 3.05) is 82.7 Å². The van der Waals surface area contributed by atoms with E-state index < -0.39 is 6.61 Å². The van der Waals surface area contributed by atoms with Gasteiger partial charge in [-0.15, -0.1) is 0 Å². The number of aliphatic hydroxyl groups is 1. The van der Waals surface area contributed by atoms with Crippen LogP contribution in [0.4, 0.5) is 40.2 Å². The summed E-state index contributed by atoms with van der Waals surface area (Å²) in [4.78, 5) is 66.4. The summed E-state index contributed by atoms with van der Waals surface area (Å²) in [5.41, 5.74) is 7.52. The number of fused-ring (bicyclic) bond motifs is 3. The zero-order valence-electron chi connectivity index (χ0n) is 41.3. The maximum Gasteiger partial charge on any atom is 0.293 e. The Labute approximate surface area is 409 Å². The van der Waals surface area contributed by atoms with Crippen LogP contribution in [-0.4, -0.2) is 123 Å². The fourth-order valence-electron chi connectivity index (χ4n) is 11.7. The van der Waals surface area contributed by atoms with E-state index in [4.69, 9.17) is 14.7 Å². The van der Waals surface area contributed by atoms with Crippen molar-refractivity contribution in [3.8, 4) is 11.3 Å². The summed E-state index contributed by atoms with van der Waals surface area (Å²) in [6.45, 7) is 21.4. The molecule has 1 unspecified atom stereocenters. The first-order valence-electron chi connectivity index (χ1n) is 24.8. The molecule has 0 spiro atoms. The predicted octanol–water partition coefficient (Wildman–Crippen LogP) is 5.98. The molecule has 0 bridgehead atoms. The number of piperazine rings is 1. The van der Waals surface area contributed by atoms with Gasteiger partial charge in [0.15, 0.2) is 5.82 Å². The number of morpholine rings is 1. The van der Waals surface area contributed by atoms with Crippen molar-refractivity contribution in [3.05, 3.63) is 107 Å². The quantitative estimate of drug-likeness (QED) is 0.133. The Balaban J connectivity index is 0.844. The van der Waals surface area contributed by atoms with Crippen molar-refractivity contribution in [3.63, 3.8) is 0 Å². The number of benzene rings is 1. The number of carbonyl (C=O) groups is 2. The zero-order valence-corrected chi connectivity index (χ0v) is 41.3. The third kappa shape index (κ3) is 8.94. The van der Waals surface area contributed by atoms with Gasteiger partial charge >= 0.3 is 0 Å². The first-order valence-corrected chi connectivity index (χ1v) is 24.8. The number of ether oxygens (including phenoxy) is 1. The molecule has 3 N–H and O–H groups in total. The molecule has 1 aliphatic carbocycles. The molecule has 4 aliphatic heterocycles. The molecule has 4 aromatic heterocycles. The van der Waals surface area contributed by atoms with Crippen LogP contribution >= 0.6 is 0 Å². The van der Waals surface area contributed by atoms with E-state index in [2.05, 4.69) is 93.1 Å². The molecule has 17 heteroatoms. The summed E-state index contributed by atoms with van der Waals surface area (Å²) < 4.78 is 9.27. The monoisotopic (exact) mass is 951 g/mol. The van der Waals surface area contributed by atoms with E-state index in [1.54, 1.807) is 30.4 Å². The van der Waals surface area contributed by atoms with Crippen molar-refractivity contribution in [1.29, 1.82) is 0 Å². The number of aryl methyl sites for hydroxylation is 1. The SMILES string of the molecule is C=CC(=O)Nc1cc(Nc2nc(-c3ccnc(N4CCn5c(cc6c5CC(C)(C)C6)C4=O)c3CO)cn(C)c2=O)ccc1N1CCN(C2CCN(c3ccnc(N4CCOC[C@@H]4C)c3)[C@H](C)C2)C[C@@H]1C. The number of aromatic nitrogens is 5. The number of nitrogens with one attached hydrogen (secondary N) is 2. The van der Waals surface area contributed by atoms with Crippen LogP contribution in [-0.2, 0) is 42.6 Å². The van der Waals surface area contributed by atoms with E-state index in [0.717, 1.165) is 76.5 Å². The Morgan fingerprint density at radius 1 is 0.929 bits per heavy atom. The summed E-state index contributed by atoms with van der Waals surface area (Å²) in [5, 5.41) is 17.1. The molecule has 0 radical (unpaired) electrons. The van der Waals surface area contributed by atoms with E-state index in [0.29, 0.717) is 77.5 Å². The van der Waals surface area contributed by atoms with Gasteiger partial charge in [0.05, 0.1) is 42.9 Å².